The Morgan fingerprint density at radius 3 is 2.85 bits per heavy atom. The second-order valence-corrected chi connectivity index (χ2v) is 4.32. The van der Waals surface area contributed by atoms with Crippen LogP contribution in [-0.4, -0.2) is 6.54 Å². The van der Waals surface area contributed by atoms with Crippen LogP contribution in [0.25, 0.3) is 10.1 Å². The molecule has 1 heterocycles. The normalized spacial score (nSPS) is 10.6. The Kier molecular flexibility index (Phi) is 2.23. The SMILES string of the molecule is CCNc1c(C)sc2ccccc12. The summed E-state index contributed by atoms with van der Waals surface area (Å²) >= 11 is 1.86. The second kappa shape index (κ2) is 3.38. The molecule has 1 nitrogen and oxygen atoms in total. The summed E-state index contributed by atoms with van der Waals surface area (Å²) in [7, 11) is 0. The van der Waals surface area contributed by atoms with E-state index in [-0.39, 0.29) is 0 Å². The van der Waals surface area contributed by atoms with Crippen LogP contribution in [0.3, 0.4) is 0 Å². The molecule has 2 heteroatoms. The third-order valence-electron chi connectivity index (χ3n) is 2.13. The summed E-state index contributed by atoms with van der Waals surface area (Å²) in [5.41, 5.74) is 1.31. The first-order chi connectivity index (χ1) is 6.33. The predicted octanol–water partition coefficient (Wildman–Crippen LogP) is 3.64. The molecule has 0 aliphatic heterocycles. The zero-order valence-electron chi connectivity index (χ0n) is 7.92. The Balaban J connectivity index is 2.64. The summed E-state index contributed by atoms with van der Waals surface area (Å²) in [4.78, 5) is 1.38. The lowest BCUT2D eigenvalue weighted by Crippen LogP contribution is -1.96. The molecule has 0 atom stereocenters. The third-order valence-corrected chi connectivity index (χ3v) is 3.21. The molecule has 0 unspecified atom stereocenters. The molecule has 2 rings (SSSR count). The van der Waals surface area contributed by atoms with E-state index < -0.39 is 0 Å². The second-order valence-electron chi connectivity index (χ2n) is 3.06. The Bertz CT molecular complexity index is 417. The summed E-state index contributed by atoms with van der Waals surface area (Å²) in [6.45, 7) is 5.29. The zero-order valence-corrected chi connectivity index (χ0v) is 8.74. The average Bonchev–Trinajstić information content (AvgIpc) is 2.44. The number of aryl methyl sites for hydroxylation is 1. The van der Waals surface area contributed by atoms with Crippen LogP contribution >= 0.6 is 11.3 Å². The van der Waals surface area contributed by atoms with Gasteiger partial charge in [0.15, 0.2) is 0 Å². The largest absolute Gasteiger partial charge is 0.384 e. The van der Waals surface area contributed by atoms with Gasteiger partial charge in [-0.05, 0) is 19.9 Å². The van der Waals surface area contributed by atoms with E-state index in [9.17, 15) is 0 Å². The fraction of sp³-hybridized carbons (Fsp3) is 0.273. The van der Waals surface area contributed by atoms with E-state index in [4.69, 9.17) is 0 Å². The molecule has 0 radical (unpaired) electrons. The van der Waals surface area contributed by atoms with Crippen LogP contribution in [0, 0.1) is 6.92 Å². The smallest absolute Gasteiger partial charge is 0.0558 e. The Morgan fingerprint density at radius 1 is 1.31 bits per heavy atom. The molecule has 2 aromatic rings. The summed E-state index contributed by atoms with van der Waals surface area (Å²) in [5, 5.41) is 4.76. The van der Waals surface area contributed by atoms with Gasteiger partial charge in [0.2, 0.25) is 0 Å². The fourth-order valence-corrected chi connectivity index (χ4v) is 2.60. The van der Waals surface area contributed by atoms with Gasteiger partial charge in [-0.15, -0.1) is 11.3 Å². The van der Waals surface area contributed by atoms with Gasteiger partial charge in [0, 0.05) is 21.5 Å². The standard InChI is InChI=1S/C11H13NS/c1-3-12-11-8(2)13-10-7-5-4-6-9(10)11/h4-7,12H,3H2,1-2H3. The number of fused-ring (bicyclic) bond motifs is 1. The molecule has 0 bridgehead atoms. The number of thiophene rings is 1. The van der Waals surface area contributed by atoms with Crippen LogP contribution < -0.4 is 5.32 Å². The van der Waals surface area contributed by atoms with Gasteiger partial charge in [0.1, 0.15) is 0 Å². The molecule has 0 fully saturated rings. The Morgan fingerprint density at radius 2 is 2.08 bits per heavy atom. The number of nitrogens with one attached hydrogen (secondary N) is 1. The van der Waals surface area contributed by atoms with Crippen molar-refractivity contribution in [1.29, 1.82) is 0 Å². The van der Waals surface area contributed by atoms with Crippen molar-refractivity contribution in [3.8, 4) is 0 Å². The van der Waals surface area contributed by atoms with Crippen LogP contribution in [0.5, 0.6) is 0 Å². The van der Waals surface area contributed by atoms with E-state index in [0.29, 0.717) is 0 Å². The van der Waals surface area contributed by atoms with Crippen LogP contribution in [0.4, 0.5) is 5.69 Å². The molecule has 1 N–H and O–H groups in total. The highest BCUT2D eigenvalue weighted by atomic mass is 32.1. The lowest BCUT2D eigenvalue weighted by atomic mass is 10.2. The van der Waals surface area contributed by atoms with Gasteiger partial charge in [-0.1, -0.05) is 18.2 Å². The molecule has 0 saturated heterocycles. The minimum atomic E-state index is 0.988. The van der Waals surface area contributed by atoms with Crippen LogP contribution in [0.1, 0.15) is 11.8 Å². The molecule has 13 heavy (non-hydrogen) atoms. The van der Waals surface area contributed by atoms with E-state index in [1.807, 2.05) is 11.3 Å². The van der Waals surface area contributed by atoms with Crippen molar-refractivity contribution in [2.45, 2.75) is 13.8 Å². The van der Waals surface area contributed by atoms with E-state index in [2.05, 4.69) is 43.4 Å². The number of anilines is 1. The van der Waals surface area contributed by atoms with Gasteiger partial charge in [0.05, 0.1) is 5.69 Å². The van der Waals surface area contributed by atoms with Crippen LogP contribution in [0.2, 0.25) is 0 Å². The first kappa shape index (κ1) is 8.57. The van der Waals surface area contributed by atoms with Crippen molar-refractivity contribution in [2.24, 2.45) is 0 Å². The molecule has 68 valence electrons. The average molecular weight is 191 g/mol. The molecule has 1 aromatic heterocycles. The lowest BCUT2D eigenvalue weighted by molar-refractivity contribution is 1.22. The first-order valence-electron chi connectivity index (χ1n) is 4.55. The monoisotopic (exact) mass is 191 g/mol. The molecule has 0 spiro atoms. The molecule has 0 saturated carbocycles. The van der Waals surface area contributed by atoms with Crippen molar-refractivity contribution in [3.05, 3.63) is 29.1 Å². The topological polar surface area (TPSA) is 12.0 Å². The Labute approximate surface area is 82.4 Å². The van der Waals surface area contributed by atoms with Crippen LogP contribution in [0.15, 0.2) is 24.3 Å². The first-order valence-corrected chi connectivity index (χ1v) is 5.36. The Hall–Kier alpha value is -1.02. The third kappa shape index (κ3) is 1.42. The number of hydrogen-bond acceptors (Lipinski definition) is 2. The van der Waals surface area contributed by atoms with Gasteiger partial charge in [0.25, 0.3) is 0 Å². The molecule has 0 amide bonds. The van der Waals surface area contributed by atoms with Crippen molar-refractivity contribution in [1.82, 2.24) is 0 Å². The maximum Gasteiger partial charge on any atom is 0.0558 e. The molecular weight excluding hydrogens is 178 g/mol. The highest BCUT2D eigenvalue weighted by molar-refractivity contribution is 7.19. The van der Waals surface area contributed by atoms with Crippen LogP contribution in [-0.2, 0) is 0 Å². The molecule has 0 aliphatic rings. The van der Waals surface area contributed by atoms with Gasteiger partial charge in [-0.2, -0.15) is 0 Å². The molecule has 0 aliphatic carbocycles. The highest BCUT2D eigenvalue weighted by Crippen LogP contribution is 2.34. The van der Waals surface area contributed by atoms with Gasteiger partial charge in [-0.25, -0.2) is 0 Å². The van der Waals surface area contributed by atoms with Crippen molar-refractivity contribution in [3.63, 3.8) is 0 Å². The molecular formula is C11H13NS. The summed E-state index contributed by atoms with van der Waals surface area (Å²) in [5.74, 6) is 0. The van der Waals surface area contributed by atoms with Gasteiger partial charge in [-0.3, -0.25) is 0 Å². The summed E-state index contributed by atoms with van der Waals surface area (Å²) < 4.78 is 1.37. The number of hydrogen-bond donors (Lipinski definition) is 1. The maximum absolute atomic E-state index is 3.41. The number of rotatable bonds is 2. The minimum absolute atomic E-state index is 0.988. The van der Waals surface area contributed by atoms with Crippen molar-refractivity contribution >= 4 is 27.1 Å². The minimum Gasteiger partial charge on any atom is -0.384 e. The maximum atomic E-state index is 3.41. The van der Waals surface area contributed by atoms with Gasteiger partial charge >= 0.3 is 0 Å². The van der Waals surface area contributed by atoms with E-state index in [1.54, 1.807) is 0 Å². The summed E-state index contributed by atoms with van der Waals surface area (Å²) in [6, 6.07) is 8.54. The highest BCUT2D eigenvalue weighted by Gasteiger charge is 2.05. The molecule has 1 aromatic carbocycles. The van der Waals surface area contributed by atoms with E-state index in [0.717, 1.165) is 6.54 Å². The van der Waals surface area contributed by atoms with Crippen molar-refractivity contribution < 1.29 is 0 Å². The van der Waals surface area contributed by atoms with Crippen molar-refractivity contribution in [2.75, 3.05) is 11.9 Å². The lowest BCUT2D eigenvalue weighted by Gasteiger charge is -2.01. The predicted molar refractivity (Wildman–Crippen MR) is 60.7 cm³/mol. The number of benzene rings is 1. The quantitative estimate of drug-likeness (QED) is 0.764. The van der Waals surface area contributed by atoms with Gasteiger partial charge < -0.3 is 5.32 Å². The van der Waals surface area contributed by atoms with E-state index in [1.165, 1.54) is 20.7 Å². The van der Waals surface area contributed by atoms with E-state index >= 15 is 0 Å². The fourth-order valence-electron chi connectivity index (χ4n) is 1.56. The summed E-state index contributed by atoms with van der Waals surface area (Å²) in [6.07, 6.45) is 0. The zero-order chi connectivity index (χ0) is 9.26.